The molecule has 98 valence electrons. The van der Waals surface area contributed by atoms with Gasteiger partial charge in [-0.05, 0) is 6.42 Å². The highest BCUT2D eigenvalue weighted by atomic mass is 79.9. The summed E-state index contributed by atoms with van der Waals surface area (Å²) in [5, 5.41) is 1.08. The fourth-order valence-corrected chi connectivity index (χ4v) is 2.10. The summed E-state index contributed by atoms with van der Waals surface area (Å²) in [6.45, 7) is -4.54. The minimum Gasteiger partial charge on any atom is -0.449 e. The quantitative estimate of drug-likeness (QED) is 0.259. The predicted molar refractivity (Wildman–Crippen MR) is 69.2 cm³/mol. The van der Waals surface area contributed by atoms with Crippen LogP contribution in [0.2, 0.25) is 6.32 Å². The topological polar surface area (TPSA) is 0 Å². The molecule has 16 heavy (non-hydrogen) atoms. The molecule has 0 spiro atoms. The lowest BCUT2D eigenvalue weighted by molar-refractivity contribution is 0.458. The molecule has 0 aromatic carbocycles. The Hall–Kier alpha value is 0.335. The number of rotatable bonds is 11. The third-order valence-electron chi connectivity index (χ3n) is 2.67. The zero-order valence-corrected chi connectivity index (χ0v) is 11.5. The molecule has 0 aromatic rings. The molecule has 0 aliphatic carbocycles. The van der Waals surface area contributed by atoms with Crippen molar-refractivity contribution in [3.63, 3.8) is 0 Å². The second kappa shape index (κ2) is 10.5. The molecule has 0 saturated heterocycles. The van der Waals surface area contributed by atoms with Gasteiger partial charge in [-0.1, -0.05) is 73.6 Å². The lowest BCUT2D eigenvalue weighted by atomic mass is 9.83. The second-order valence-electron chi connectivity index (χ2n) is 4.37. The van der Waals surface area contributed by atoms with E-state index in [0.29, 0.717) is 6.42 Å². The number of unbranched alkanes of at least 4 members (excludes halogenated alkanes) is 8. The fourth-order valence-electron chi connectivity index (χ4n) is 1.71. The molecule has 0 fully saturated rings. The van der Waals surface area contributed by atoms with E-state index in [0.717, 1.165) is 24.6 Å². The first-order chi connectivity index (χ1) is 7.56. The van der Waals surface area contributed by atoms with Gasteiger partial charge in [-0.3, -0.25) is 0 Å². The van der Waals surface area contributed by atoms with Crippen LogP contribution in [-0.4, -0.2) is 12.3 Å². The molecule has 0 heterocycles. The zero-order chi connectivity index (χ0) is 12.3. The summed E-state index contributed by atoms with van der Waals surface area (Å²) in [7, 11) is 0. The molecule has 0 radical (unpaired) electrons. The summed E-state index contributed by atoms with van der Waals surface area (Å²) >= 11 is 3.39. The monoisotopic (exact) mass is 301 g/mol. The van der Waals surface area contributed by atoms with Gasteiger partial charge in [0.2, 0.25) is 0 Å². The average molecular weight is 302 g/mol. The van der Waals surface area contributed by atoms with Gasteiger partial charge in [-0.15, -0.1) is 0 Å². The molecule has 5 heteroatoms. The molecule has 0 bridgehead atoms. The minimum atomic E-state index is -4.54. The van der Waals surface area contributed by atoms with E-state index < -0.39 is 13.3 Å². The zero-order valence-electron chi connectivity index (χ0n) is 9.87. The van der Waals surface area contributed by atoms with E-state index in [2.05, 4.69) is 15.9 Å². The summed E-state index contributed by atoms with van der Waals surface area (Å²) < 4.78 is 35.6. The van der Waals surface area contributed by atoms with Gasteiger partial charge in [0, 0.05) is 5.33 Å². The van der Waals surface area contributed by atoms with Crippen LogP contribution in [0.4, 0.5) is 12.9 Å². The SMILES string of the molecule is F[B-](F)(F)CCCCCCCCCCCBr. The van der Waals surface area contributed by atoms with E-state index >= 15 is 0 Å². The lowest BCUT2D eigenvalue weighted by Crippen LogP contribution is -2.13. The Labute approximate surface area is 106 Å². The van der Waals surface area contributed by atoms with Gasteiger partial charge in [-0.25, -0.2) is 0 Å². The van der Waals surface area contributed by atoms with Crippen LogP contribution >= 0.6 is 15.9 Å². The van der Waals surface area contributed by atoms with Crippen molar-refractivity contribution >= 4 is 22.9 Å². The smallest absolute Gasteiger partial charge is 0.449 e. The Morgan fingerprint density at radius 1 is 0.625 bits per heavy atom. The molecule has 0 nitrogen and oxygen atoms in total. The van der Waals surface area contributed by atoms with Gasteiger partial charge in [0.25, 0.3) is 0 Å². The Morgan fingerprint density at radius 2 is 1.00 bits per heavy atom. The van der Waals surface area contributed by atoms with Gasteiger partial charge in [0.05, 0.1) is 0 Å². The summed E-state index contributed by atoms with van der Waals surface area (Å²) in [6.07, 6.45) is 8.74. The molecule has 0 unspecified atom stereocenters. The van der Waals surface area contributed by atoms with E-state index in [4.69, 9.17) is 0 Å². The second-order valence-corrected chi connectivity index (χ2v) is 5.16. The van der Waals surface area contributed by atoms with Crippen molar-refractivity contribution in [1.82, 2.24) is 0 Å². The third-order valence-corrected chi connectivity index (χ3v) is 3.23. The number of alkyl halides is 1. The molecule has 0 amide bonds. The minimum absolute atomic E-state index is 0.326. The average Bonchev–Trinajstić information content (AvgIpc) is 2.19. The molecule has 0 aromatic heterocycles. The van der Waals surface area contributed by atoms with Gasteiger partial charge in [0.15, 0.2) is 0 Å². The molecule has 0 aliphatic heterocycles. The molecule has 0 N–H and O–H groups in total. The predicted octanol–water partition coefficient (Wildman–Crippen LogP) is 5.74. The van der Waals surface area contributed by atoms with Crippen molar-refractivity contribution in [3.8, 4) is 0 Å². The van der Waals surface area contributed by atoms with Crippen molar-refractivity contribution in [3.05, 3.63) is 0 Å². The van der Waals surface area contributed by atoms with Crippen LogP contribution in [0.15, 0.2) is 0 Å². The van der Waals surface area contributed by atoms with Crippen LogP contribution < -0.4 is 0 Å². The lowest BCUT2D eigenvalue weighted by Gasteiger charge is -2.12. The van der Waals surface area contributed by atoms with Gasteiger partial charge in [0.1, 0.15) is 0 Å². The van der Waals surface area contributed by atoms with E-state index in [1.54, 1.807) is 0 Å². The van der Waals surface area contributed by atoms with Crippen molar-refractivity contribution in [2.24, 2.45) is 0 Å². The first-order valence-corrected chi connectivity index (χ1v) is 7.45. The fraction of sp³-hybridized carbons (Fsp3) is 1.00. The molecule has 0 aliphatic rings. The highest BCUT2D eigenvalue weighted by molar-refractivity contribution is 9.09. The summed E-state index contributed by atoms with van der Waals surface area (Å²) in [4.78, 5) is 0. The van der Waals surface area contributed by atoms with Crippen LogP contribution in [0.5, 0.6) is 0 Å². The van der Waals surface area contributed by atoms with Crippen LogP contribution in [0.3, 0.4) is 0 Å². The van der Waals surface area contributed by atoms with Gasteiger partial charge >= 0.3 is 6.98 Å². The molecule has 0 saturated carbocycles. The van der Waals surface area contributed by atoms with Gasteiger partial charge in [-0.2, -0.15) is 0 Å². The Kier molecular flexibility index (Phi) is 10.7. The maximum atomic E-state index is 11.9. The Bertz CT molecular complexity index is 151. The molecule has 0 atom stereocenters. The standard InChI is InChI=1S/C11H22BBrF3/c13-11-9-7-5-3-1-2-4-6-8-10-12(14,15)16/h1-11H2/q-1. The Morgan fingerprint density at radius 3 is 1.38 bits per heavy atom. The maximum absolute atomic E-state index is 11.9. The maximum Gasteiger partial charge on any atom is 0.478 e. The Balaban J connectivity index is 2.99. The van der Waals surface area contributed by atoms with Gasteiger partial charge < -0.3 is 12.9 Å². The van der Waals surface area contributed by atoms with Crippen LogP contribution in [-0.2, 0) is 0 Å². The normalized spacial score (nSPS) is 12.0. The van der Waals surface area contributed by atoms with E-state index in [1.807, 2.05) is 0 Å². The third kappa shape index (κ3) is 14.3. The molecule has 0 rings (SSSR count). The van der Waals surface area contributed by atoms with Crippen LogP contribution in [0.25, 0.3) is 0 Å². The highest BCUT2D eigenvalue weighted by Crippen LogP contribution is 2.19. The van der Waals surface area contributed by atoms with E-state index in [1.165, 1.54) is 32.1 Å². The first-order valence-electron chi connectivity index (χ1n) is 6.33. The number of halogens is 4. The molecular weight excluding hydrogens is 280 g/mol. The van der Waals surface area contributed by atoms with Crippen molar-refractivity contribution in [1.29, 1.82) is 0 Å². The molecular formula is C11H22BBrF3-. The number of hydrogen-bond acceptors (Lipinski definition) is 0. The van der Waals surface area contributed by atoms with E-state index in [-0.39, 0.29) is 0 Å². The number of hydrogen-bond donors (Lipinski definition) is 0. The summed E-state index contributed by atoms with van der Waals surface area (Å²) in [6, 6.07) is 0. The van der Waals surface area contributed by atoms with Crippen molar-refractivity contribution in [2.75, 3.05) is 5.33 Å². The van der Waals surface area contributed by atoms with Crippen LogP contribution in [0.1, 0.15) is 57.8 Å². The first kappa shape index (κ1) is 16.3. The largest absolute Gasteiger partial charge is 0.478 e. The highest BCUT2D eigenvalue weighted by Gasteiger charge is 2.21. The van der Waals surface area contributed by atoms with E-state index in [9.17, 15) is 12.9 Å². The summed E-state index contributed by atoms with van der Waals surface area (Å²) in [5.74, 6) is 0. The van der Waals surface area contributed by atoms with Crippen molar-refractivity contribution in [2.45, 2.75) is 64.1 Å². The summed E-state index contributed by atoms with van der Waals surface area (Å²) in [5.41, 5.74) is 0. The van der Waals surface area contributed by atoms with Crippen LogP contribution in [0, 0.1) is 0 Å². The van der Waals surface area contributed by atoms with Crippen molar-refractivity contribution < 1.29 is 12.9 Å².